The molecule has 6 nitrogen and oxygen atoms in total. The van der Waals surface area contributed by atoms with Crippen LogP contribution in [0.15, 0.2) is 6.07 Å². The molecule has 0 aliphatic carbocycles. The number of rotatable bonds is 4. The number of pyridine rings is 1. The topological polar surface area (TPSA) is 93.3 Å². The molecule has 1 heterocycles. The maximum Gasteiger partial charge on any atom is 0.364 e. The Bertz CT molecular complexity index is 478. The fourth-order valence-electron chi connectivity index (χ4n) is 1.12. The maximum atomic E-state index is 13.3. The van der Waals surface area contributed by atoms with Crippen LogP contribution in [0.5, 0.6) is 0 Å². The molecular weight excluding hydrogens is 245 g/mol. The van der Waals surface area contributed by atoms with Crippen LogP contribution >= 0.6 is 0 Å². The monoisotopic (exact) mass is 250 g/mol. The number of halogens is 3. The third kappa shape index (κ3) is 2.89. The quantitative estimate of drug-likeness (QED) is 0.648. The Balaban J connectivity index is 3.37. The summed E-state index contributed by atoms with van der Waals surface area (Å²) in [6.07, 6.45) is -4.29. The summed E-state index contributed by atoms with van der Waals surface area (Å²) in [5.74, 6) is -4.05. The highest BCUT2D eigenvalue weighted by atomic mass is 19.3. The minimum atomic E-state index is -3.36. The molecule has 0 amide bonds. The summed E-state index contributed by atoms with van der Waals surface area (Å²) in [5.41, 5.74) is -2.12. The fraction of sp³-hybridized carbons (Fsp3) is 0.250. The molecule has 1 aromatic rings. The SMILES string of the molecule is O=C(O)Cc1cc([N+](=O)[O-])nc(C(F)F)c1F. The van der Waals surface area contributed by atoms with E-state index in [9.17, 15) is 28.1 Å². The van der Waals surface area contributed by atoms with Crippen LogP contribution in [-0.4, -0.2) is 21.0 Å². The summed E-state index contributed by atoms with van der Waals surface area (Å²) in [6.45, 7) is 0. The number of carboxylic acid groups (broad SMARTS) is 1. The molecule has 0 aromatic carbocycles. The van der Waals surface area contributed by atoms with Crippen LogP contribution in [0.4, 0.5) is 19.0 Å². The smallest absolute Gasteiger partial charge is 0.364 e. The van der Waals surface area contributed by atoms with Gasteiger partial charge in [-0.05, 0) is 9.91 Å². The molecule has 1 N–H and O–H groups in total. The van der Waals surface area contributed by atoms with Gasteiger partial charge in [0.2, 0.25) is 0 Å². The van der Waals surface area contributed by atoms with Gasteiger partial charge in [-0.25, -0.2) is 13.2 Å². The van der Waals surface area contributed by atoms with E-state index in [0.29, 0.717) is 6.07 Å². The van der Waals surface area contributed by atoms with Crippen molar-refractivity contribution < 1.29 is 28.0 Å². The Morgan fingerprint density at radius 3 is 2.59 bits per heavy atom. The predicted octanol–water partition coefficient (Wildman–Crippen LogP) is 1.69. The van der Waals surface area contributed by atoms with Crippen molar-refractivity contribution in [3.8, 4) is 0 Å². The number of hydrogen-bond donors (Lipinski definition) is 1. The van der Waals surface area contributed by atoms with E-state index < -0.39 is 46.6 Å². The van der Waals surface area contributed by atoms with Crippen LogP contribution < -0.4 is 0 Å². The Morgan fingerprint density at radius 2 is 2.18 bits per heavy atom. The molecule has 0 radical (unpaired) electrons. The van der Waals surface area contributed by atoms with Crippen LogP contribution in [0.2, 0.25) is 0 Å². The molecule has 0 atom stereocenters. The number of hydrogen-bond acceptors (Lipinski definition) is 4. The first-order valence-electron chi connectivity index (χ1n) is 4.16. The second-order valence-electron chi connectivity index (χ2n) is 2.97. The highest BCUT2D eigenvalue weighted by Crippen LogP contribution is 2.25. The third-order valence-electron chi connectivity index (χ3n) is 1.78. The summed E-state index contributed by atoms with van der Waals surface area (Å²) in [5, 5.41) is 18.8. The number of carboxylic acids is 1. The molecule has 17 heavy (non-hydrogen) atoms. The van der Waals surface area contributed by atoms with Gasteiger partial charge in [-0.15, -0.1) is 0 Å². The first-order chi connectivity index (χ1) is 7.82. The van der Waals surface area contributed by atoms with E-state index in [-0.39, 0.29) is 0 Å². The zero-order valence-corrected chi connectivity index (χ0v) is 8.06. The average Bonchev–Trinajstić information content (AvgIpc) is 2.19. The predicted molar refractivity (Wildman–Crippen MR) is 47.1 cm³/mol. The van der Waals surface area contributed by atoms with Crippen LogP contribution in [0.1, 0.15) is 17.7 Å². The van der Waals surface area contributed by atoms with Gasteiger partial charge in [0.05, 0.1) is 6.42 Å². The normalized spacial score (nSPS) is 10.6. The standard InChI is InChI=1S/C8H5F3N2O4/c9-6-3(2-5(14)15)1-4(13(16)17)12-7(6)8(10)11/h1,8H,2H2,(H,14,15). The van der Waals surface area contributed by atoms with Gasteiger partial charge < -0.3 is 15.2 Å². The van der Waals surface area contributed by atoms with Gasteiger partial charge in [0, 0.05) is 11.6 Å². The zero-order valence-electron chi connectivity index (χ0n) is 8.06. The molecule has 0 fully saturated rings. The van der Waals surface area contributed by atoms with Crippen molar-refractivity contribution in [1.82, 2.24) is 4.98 Å². The van der Waals surface area contributed by atoms with Crippen molar-refractivity contribution in [2.45, 2.75) is 12.8 Å². The minimum absolute atomic E-state index is 0.523. The summed E-state index contributed by atoms with van der Waals surface area (Å²) >= 11 is 0. The van der Waals surface area contributed by atoms with Crippen molar-refractivity contribution in [3.05, 3.63) is 33.3 Å². The van der Waals surface area contributed by atoms with Crippen molar-refractivity contribution in [3.63, 3.8) is 0 Å². The largest absolute Gasteiger partial charge is 0.481 e. The molecule has 92 valence electrons. The van der Waals surface area contributed by atoms with E-state index in [4.69, 9.17) is 5.11 Å². The second kappa shape index (κ2) is 4.76. The van der Waals surface area contributed by atoms with E-state index >= 15 is 0 Å². The highest BCUT2D eigenvalue weighted by molar-refractivity contribution is 5.70. The van der Waals surface area contributed by atoms with Crippen LogP contribution in [0.25, 0.3) is 0 Å². The van der Waals surface area contributed by atoms with Crippen LogP contribution in [0.3, 0.4) is 0 Å². The second-order valence-corrected chi connectivity index (χ2v) is 2.97. The summed E-state index contributed by atoms with van der Waals surface area (Å²) in [4.78, 5) is 22.4. The van der Waals surface area contributed by atoms with Gasteiger partial charge in [-0.3, -0.25) is 4.79 Å². The fourth-order valence-corrected chi connectivity index (χ4v) is 1.12. The molecular formula is C8H5F3N2O4. The molecule has 0 bridgehead atoms. The molecule has 0 unspecified atom stereocenters. The number of carbonyl (C=O) groups is 1. The van der Waals surface area contributed by atoms with Gasteiger partial charge in [0.1, 0.15) is 0 Å². The summed E-state index contributed by atoms with van der Waals surface area (Å²) in [6, 6.07) is 0.523. The molecule has 0 saturated carbocycles. The lowest BCUT2D eigenvalue weighted by molar-refractivity contribution is -0.389. The molecule has 0 aliphatic rings. The van der Waals surface area contributed by atoms with E-state index in [1.807, 2.05) is 0 Å². The van der Waals surface area contributed by atoms with Gasteiger partial charge in [0.25, 0.3) is 5.69 Å². The lowest BCUT2D eigenvalue weighted by atomic mass is 10.1. The van der Waals surface area contributed by atoms with Crippen molar-refractivity contribution in [2.24, 2.45) is 0 Å². The minimum Gasteiger partial charge on any atom is -0.481 e. The van der Waals surface area contributed by atoms with Gasteiger partial charge >= 0.3 is 18.2 Å². The number of alkyl halides is 2. The van der Waals surface area contributed by atoms with Crippen LogP contribution in [0, 0.1) is 15.9 Å². The molecule has 0 spiro atoms. The van der Waals surface area contributed by atoms with Gasteiger partial charge in [-0.2, -0.15) is 0 Å². The van der Waals surface area contributed by atoms with E-state index in [1.165, 1.54) is 0 Å². The first-order valence-corrected chi connectivity index (χ1v) is 4.16. The molecule has 0 aliphatic heterocycles. The Morgan fingerprint density at radius 1 is 1.59 bits per heavy atom. The molecule has 1 rings (SSSR count). The van der Waals surface area contributed by atoms with Gasteiger partial charge in [0.15, 0.2) is 5.82 Å². The average molecular weight is 250 g/mol. The Labute approximate surface area is 91.9 Å². The molecule has 9 heteroatoms. The lowest BCUT2D eigenvalue weighted by Crippen LogP contribution is -2.09. The highest BCUT2D eigenvalue weighted by Gasteiger charge is 2.28. The van der Waals surface area contributed by atoms with Crippen molar-refractivity contribution in [2.75, 3.05) is 0 Å². The number of aliphatic carboxylic acids is 1. The van der Waals surface area contributed by atoms with Gasteiger partial charge in [-0.1, -0.05) is 0 Å². The van der Waals surface area contributed by atoms with E-state index in [0.717, 1.165) is 0 Å². The number of nitrogens with zero attached hydrogens (tertiary/aromatic N) is 2. The van der Waals surface area contributed by atoms with Crippen LogP contribution in [-0.2, 0) is 11.2 Å². The first kappa shape index (κ1) is 12.9. The summed E-state index contributed by atoms with van der Waals surface area (Å²) < 4.78 is 37.9. The lowest BCUT2D eigenvalue weighted by Gasteiger charge is -2.03. The Hall–Kier alpha value is -2.19. The van der Waals surface area contributed by atoms with Crippen molar-refractivity contribution in [1.29, 1.82) is 0 Å². The molecule has 1 aromatic heterocycles. The third-order valence-corrected chi connectivity index (χ3v) is 1.78. The van der Waals surface area contributed by atoms with E-state index in [2.05, 4.69) is 4.98 Å². The Kier molecular flexibility index (Phi) is 3.61. The summed E-state index contributed by atoms with van der Waals surface area (Å²) in [7, 11) is 0. The zero-order chi connectivity index (χ0) is 13.2. The number of aromatic nitrogens is 1. The number of nitro groups is 1. The van der Waals surface area contributed by atoms with E-state index in [1.54, 1.807) is 0 Å². The maximum absolute atomic E-state index is 13.3. The molecule has 0 saturated heterocycles. The van der Waals surface area contributed by atoms with Crippen molar-refractivity contribution >= 4 is 11.8 Å².